The molecule has 2 aromatic rings. The fraction of sp³-hybridized carbons (Fsp3) is 0.476. The van der Waals surface area contributed by atoms with Crippen LogP contribution in [0.25, 0.3) is 10.8 Å². The van der Waals surface area contributed by atoms with Crippen LogP contribution in [0.5, 0.6) is 0 Å². The van der Waals surface area contributed by atoms with E-state index < -0.39 is 0 Å². The first-order chi connectivity index (χ1) is 11.7. The maximum absolute atomic E-state index is 13.0. The molecule has 0 bridgehead atoms. The lowest BCUT2D eigenvalue weighted by molar-refractivity contribution is -0.131. The molecule has 2 aliphatic carbocycles. The number of halogens is 1. The van der Waals surface area contributed by atoms with Gasteiger partial charge in [0.25, 0.3) is 0 Å². The fourth-order valence-corrected chi connectivity index (χ4v) is 5.11. The molecule has 5 rings (SSSR count). The zero-order chi connectivity index (χ0) is 16.3. The van der Waals surface area contributed by atoms with Gasteiger partial charge in [-0.05, 0) is 53.4 Å². The van der Waals surface area contributed by atoms with Gasteiger partial charge in [-0.3, -0.25) is 4.79 Å². The molecule has 1 heterocycles. The first-order valence-corrected chi connectivity index (χ1v) is 9.24. The second-order valence-corrected chi connectivity index (χ2v) is 7.93. The van der Waals surface area contributed by atoms with Crippen LogP contribution >= 0.6 is 12.4 Å². The predicted molar refractivity (Wildman–Crippen MR) is 103 cm³/mol. The maximum Gasteiger partial charge on any atom is 0.226 e. The van der Waals surface area contributed by atoms with Crippen LogP contribution in [0.2, 0.25) is 0 Å². The average molecular weight is 357 g/mol. The van der Waals surface area contributed by atoms with Crippen LogP contribution in [-0.4, -0.2) is 29.9 Å². The van der Waals surface area contributed by atoms with Crippen molar-refractivity contribution in [3.8, 4) is 0 Å². The number of amides is 1. The monoisotopic (exact) mass is 356 g/mol. The minimum Gasteiger partial charge on any atom is -0.342 e. The third kappa shape index (κ3) is 2.74. The Morgan fingerprint density at radius 2 is 1.84 bits per heavy atom. The second kappa shape index (κ2) is 6.30. The molecule has 3 fully saturated rings. The number of hydrogen-bond acceptors (Lipinski definition) is 2. The topological polar surface area (TPSA) is 46.3 Å². The molecule has 1 aliphatic heterocycles. The molecule has 1 amide bonds. The molecule has 4 heteroatoms. The van der Waals surface area contributed by atoms with Crippen LogP contribution in [0.3, 0.4) is 0 Å². The molecule has 132 valence electrons. The molecule has 25 heavy (non-hydrogen) atoms. The Morgan fingerprint density at radius 3 is 2.68 bits per heavy atom. The highest BCUT2D eigenvalue weighted by Gasteiger charge is 2.50. The van der Waals surface area contributed by atoms with Gasteiger partial charge >= 0.3 is 0 Å². The van der Waals surface area contributed by atoms with Crippen LogP contribution in [0, 0.1) is 17.8 Å². The van der Waals surface area contributed by atoms with E-state index in [9.17, 15) is 4.79 Å². The van der Waals surface area contributed by atoms with Crippen molar-refractivity contribution in [2.45, 2.75) is 31.2 Å². The van der Waals surface area contributed by atoms with Gasteiger partial charge < -0.3 is 10.6 Å². The fourth-order valence-electron chi connectivity index (χ4n) is 5.11. The Morgan fingerprint density at radius 1 is 1.04 bits per heavy atom. The number of likely N-dealkylation sites (tertiary alicyclic amines) is 1. The van der Waals surface area contributed by atoms with Crippen LogP contribution in [0.1, 0.15) is 30.7 Å². The summed E-state index contributed by atoms with van der Waals surface area (Å²) >= 11 is 0. The van der Waals surface area contributed by atoms with Crippen molar-refractivity contribution in [3.05, 3.63) is 48.0 Å². The summed E-state index contributed by atoms with van der Waals surface area (Å²) in [4.78, 5) is 15.1. The van der Waals surface area contributed by atoms with Crippen molar-refractivity contribution in [2.24, 2.45) is 23.5 Å². The summed E-state index contributed by atoms with van der Waals surface area (Å²) < 4.78 is 0. The summed E-state index contributed by atoms with van der Waals surface area (Å²) in [6, 6.07) is 15.3. The van der Waals surface area contributed by atoms with Crippen molar-refractivity contribution in [3.63, 3.8) is 0 Å². The summed E-state index contributed by atoms with van der Waals surface area (Å²) in [5, 5.41) is 2.58. The molecule has 2 aromatic carbocycles. The van der Waals surface area contributed by atoms with E-state index in [1.807, 2.05) is 0 Å². The normalized spacial score (nSPS) is 33.2. The van der Waals surface area contributed by atoms with Gasteiger partial charge in [0.1, 0.15) is 0 Å². The summed E-state index contributed by atoms with van der Waals surface area (Å²) in [7, 11) is 0. The van der Waals surface area contributed by atoms with Gasteiger partial charge in [0.2, 0.25) is 5.91 Å². The highest BCUT2D eigenvalue weighted by molar-refractivity contribution is 5.89. The van der Waals surface area contributed by atoms with E-state index in [-0.39, 0.29) is 18.3 Å². The molecule has 0 radical (unpaired) electrons. The quantitative estimate of drug-likeness (QED) is 0.894. The van der Waals surface area contributed by atoms with E-state index in [2.05, 4.69) is 47.4 Å². The number of benzene rings is 2. The Bertz CT molecular complexity index is 802. The van der Waals surface area contributed by atoms with Crippen molar-refractivity contribution >= 4 is 29.1 Å². The van der Waals surface area contributed by atoms with E-state index in [0.717, 1.165) is 25.9 Å². The Labute approximate surface area is 155 Å². The second-order valence-electron chi connectivity index (χ2n) is 7.93. The SMILES string of the molecule is Cl.NC1CCC2CN(C(=O)C3CC3c3cccc4ccccc34)CC12. The van der Waals surface area contributed by atoms with Crippen LogP contribution in [0.4, 0.5) is 0 Å². The lowest BCUT2D eigenvalue weighted by Crippen LogP contribution is -2.34. The van der Waals surface area contributed by atoms with Gasteiger partial charge in [-0.25, -0.2) is 0 Å². The molecule has 1 saturated heterocycles. The van der Waals surface area contributed by atoms with E-state index in [4.69, 9.17) is 5.73 Å². The van der Waals surface area contributed by atoms with Gasteiger partial charge in [-0.1, -0.05) is 42.5 Å². The lowest BCUT2D eigenvalue weighted by atomic mass is 9.98. The van der Waals surface area contributed by atoms with Crippen molar-refractivity contribution in [1.29, 1.82) is 0 Å². The van der Waals surface area contributed by atoms with Crippen molar-refractivity contribution in [1.82, 2.24) is 4.90 Å². The van der Waals surface area contributed by atoms with Crippen LogP contribution in [-0.2, 0) is 4.79 Å². The van der Waals surface area contributed by atoms with Gasteiger partial charge in [-0.15, -0.1) is 12.4 Å². The van der Waals surface area contributed by atoms with Gasteiger partial charge in [-0.2, -0.15) is 0 Å². The molecule has 5 atom stereocenters. The first kappa shape index (κ1) is 16.9. The highest BCUT2D eigenvalue weighted by Crippen LogP contribution is 2.51. The van der Waals surface area contributed by atoms with E-state index in [1.165, 1.54) is 22.8 Å². The standard InChI is InChI=1S/C21H24N2O.ClH/c22-20-9-8-14-11-23(12-19(14)20)21(24)18-10-17(18)16-7-3-5-13-4-1-2-6-15(13)16;/h1-7,14,17-20H,8-12,22H2;1H. The summed E-state index contributed by atoms with van der Waals surface area (Å²) in [6.45, 7) is 1.83. The Balaban J connectivity index is 0.00000157. The molecule has 2 saturated carbocycles. The summed E-state index contributed by atoms with van der Waals surface area (Å²) in [6.07, 6.45) is 3.34. The predicted octanol–water partition coefficient (Wildman–Crippen LogP) is 3.56. The Hall–Kier alpha value is -1.58. The summed E-state index contributed by atoms with van der Waals surface area (Å²) in [5.74, 6) is 2.15. The van der Waals surface area contributed by atoms with Crippen LogP contribution < -0.4 is 5.73 Å². The highest BCUT2D eigenvalue weighted by atomic mass is 35.5. The number of hydrogen-bond donors (Lipinski definition) is 1. The van der Waals surface area contributed by atoms with E-state index >= 15 is 0 Å². The third-order valence-electron chi connectivity index (χ3n) is 6.55. The van der Waals surface area contributed by atoms with Gasteiger partial charge in [0.15, 0.2) is 0 Å². The molecule has 3 nitrogen and oxygen atoms in total. The van der Waals surface area contributed by atoms with Crippen LogP contribution in [0.15, 0.2) is 42.5 Å². The molecule has 3 aliphatic rings. The summed E-state index contributed by atoms with van der Waals surface area (Å²) in [5.41, 5.74) is 7.57. The molecule has 0 spiro atoms. The minimum absolute atomic E-state index is 0. The third-order valence-corrected chi connectivity index (χ3v) is 6.55. The zero-order valence-electron chi connectivity index (χ0n) is 14.3. The number of nitrogens with two attached hydrogens (primary N) is 1. The largest absolute Gasteiger partial charge is 0.342 e. The molecule has 0 aromatic heterocycles. The van der Waals surface area contributed by atoms with Gasteiger partial charge in [0.05, 0.1) is 0 Å². The van der Waals surface area contributed by atoms with Gasteiger partial charge in [0, 0.05) is 25.0 Å². The molecular formula is C21H25ClN2O. The van der Waals surface area contributed by atoms with E-state index in [1.54, 1.807) is 0 Å². The molecule has 2 N–H and O–H groups in total. The molecular weight excluding hydrogens is 332 g/mol. The lowest BCUT2D eigenvalue weighted by Gasteiger charge is -2.19. The van der Waals surface area contributed by atoms with Crippen molar-refractivity contribution < 1.29 is 4.79 Å². The molecule has 5 unspecified atom stereocenters. The first-order valence-electron chi connectivity index (χ1n) is 9.24. The number of carbonyl (C=O) groups excluding carboxylic acids is 1. The number of fused-ring (bicyclic) bond motifs is 2. The minimum atomic E-state index is 0. The smallest absolute Gasteiger partial charge is 0.226 e. The number of rotatable bonds is 2. The number of carbonyl (C=O) groups is 1. The average Bonchev–Trinajstić information content (AvgIpc) is 3.17. The Kier molecular flexibility index (Phi) is 4.25. The van der Waals surface area contributed by atoms with Crippen molar-refractivity contribution in [2.75, 3.05) is 13.1 Å². The zero-order valence-corrected chi connectivity index (χ0v) is 15.1. The maximum atomic E-state index is 13.0. The van der Waals surface area contributed by atoms with E-state index in [0.29, 0.717) is 29.7 Å². The number of nitrogens with zero attached hydrogens (tertiary/aromatic N) is 1.